The maximum Gasteiger partial charge on any atom is 0.254 e. The number of carbonyl (C=O) groups is 1. The number of hydrogen-bond acceptors (Lipinski definition) is 4. The van der Waals surface area contributed by atoms with E-state index in [2.05, 4.69) is 15.5 Å². The van der Waals surface area contributed by atoms with E-state index in [4.69, 9.17) is 27.7 Å². The average molecular weight is 366 g/mol. The van der Waals surface area contributed by atoms with E-state index in [0.717, 1.165) is 0 Å². The van der Waals surface area contributed by atoms with E-state index < -0.39 is 11.7 Å². The molecule has 0 saturated carbocycles. The molecule has 1 aromatic carbocycles. The van der Waals surface area contributed by atoms with Gasteiger partial charge in [-0.3, -0.25) is 4.79 Å². The van der Waals surface area contributed by atoms with Gasteiger partial charge in [-0.15, -0.1) is 0 Å². The lowest BCUT2D eigenvalue weighted by molar-refractivity contribution is 0.0947. The van der Waals surface area contributed by atoms with E-state index >= 15 is 0 Å². The molecule has 3 aromatic rings. The van der Waals surface area contributed by atoms with Crippen molar-refractivity contribution in [1.82, 2.24) is 15.5 Å². The number of halogens is 3. The van der Waals surface area contributed by atoms with Gasteiger partial charge in [-0.2, -0.15) is 0 Å². The summed E-state index contributed by atoms with van der Waals surface area (Å²) in [6.45, 7) is 0.0587. The monoisotopic (exact) mass is 365 g/mol. The lowest BCUT2D eigenvalue weighted by atomic mass is 10.1. The number of amides is 1. The van der Waals surface area contributed by atoms with Crippen LogP contribution in [0.3, 0.4) is 0 Å². The fourth-order valence-corrected chi connectivity index (χ4v) is 2.38. The lowest BCUT2D eigenvalue weighted by Gasteiger charge is -2.04. The van der Waals surface area contributed by atoms with Gasteiger partial charge in [0.1, 0.15) is 16.7 Å². The zero-order valence-corrected chi connectivity index (χ0v) is 13.6. The van der Waals surface area contributed by atoms with Crippen LogP contribution in [0, 0.1) is 5.82 Å². The number of nitrogens with one attached hydrogen (secondary N) is 1. The zero-order valence-electron chi connectivity index (χ0n) is 12.1. The number of rotatable bonds is 4. The first-order valence-corrected chi connectivity index (χ1v) is 7.60. The number of aromatic nitrogens is 2. The molecule has 0 aliphatic rings. The number of hydrogen-bond donors (Lipinski definition) is 1. The van der Waals surface area contributed by atoms with Crippen LogP contribution >= 0.6 is 23.2 Å². The molecule has 24 heavy (non-hydrogen) atoms. The molecule has 1 amide bonds. The van der Waals surface area contributed by atoms with E-state index in [1.54, 1.807) is 24.3 Å². The molecule has 0 saturated heterocycles. The van der Waals surface area contributed by atoms with Crippen LogP contribution in [-0.2, 0) is 6.54 Å². The first kappa shape index (κ1) is 16.4. The van der Waals surface area contributed by atoms with E-state index in [0.29, 0.717) is 22.0 Å². The van der Waals surface area contributed by atoms with Crippen molar-refractivity contribution in [1.29, 1.82) is 0 Å². The quantitative estimate of drug-likeness (QED) is 0.706. The molecular formula is C16H10Cl2FN3O2. The average Bonchev–Trinajstić information content (AvgIpc) is 3.04. The second-order valence-electron chi connectivity index (χ2n) is 4.83. The molecule has 0 spiro atoms. The molecule has 0 unspecified atom stereocenters. The van der Waals surface area contributed by atoms with Crippen molar-refractivity contribution in [3.8, 4) is 11.3 Å². The van der Waals surface area contributed by atoms with Crippen molar-refractivity contribution in [3.05, 3.63) is 69.9 Å². The van der Waals surface area contributed by atoms with Gasteiger partial charge in [0.05, 0.1) is 17.1 Å². The summed E-state index contributed by atoms with van der Waals surface area (Å²) in [5.74, 6) is -0.496. The number of benzene rings is 1. The van der Waals surface area contributed by atoms with Crippen LogP contribution in [-0.4, -0.2) is 16.0 Å². The van der Waals surface area contributed by atoms with Crippen LogP contribution in [0.5, 0.6) is 0 Å². The Hall–Kier alpha value is -2.44. The van der Waals surface area contributed by atoms with E-state index in [-0.39, 0.29) is 17.3 Å². The first-order chi connectivity index (χ1) is 11.5. The first-order valence-electron chi connectivity index (χ1n) is 6.84. The predicted molar refractivity (Wildman–Crippen MR) is 87.3 cm³/mol. The third-order valence-electron chi connectivity index (χ3n) is 3.18. The van der Waals surface area contributed by atoms with Gasteiger partial charge < -0.3 is 9.84 Å². The van der Waals surface area contributed by atoms with Crippen LogP contribution in [0.2, 0.25) is 10.2 Å². The largest absolute Gasteiger partial charge is 0.359 e. The summed E-state index contributed by atoms with van der Waals surface area (Å²) < 4.78 is 18.8. The molecule has 0 bridgehead atoms. The van der Waals surface area contributed by atoms with Gasteiger partial charge in [0, 0.05) is 17.8 Å². The summed E-state index contributed by atoms with van der Waals surface area (Å²) in [6.07, 6.45) is 1.35. The maximum atomic E-state index is 13.7. The molecule has 2 heterocycles. The smallest absolute Gasteiger partial charge is 0.254 e. The van der Waals surface area contributed by atoms with Crippen molar-refractivity contribution in [2.45, 2.75) is 6.54 Å². The molecular weight excluding hydrogens is 356 g/mol. The van der Waals surface area contributed by atoms with Gasteiger partial charge in [0.2, 0.25) is 0 Å². The summed E-state index contributed by atoms with van der Waals surface area (Å²) >= 11 is 11.7. The second-order valence-corrected chi connectivity index (χ2v) is 5.63. The van der Waals surface area contributed by atoms with Crippen molar-refractivity contribution >= 4 is 29.1 Å². The van der Waals surface area contributed by atoms with Crippen molar-refractivity contribution in [2.75, 3.05) is 0 Å². The van der Waals surface area contributed by atoms with Gasteiger partial charge in [0.25, 0.3) is 5.91 Å². The molecule has 0 radical (unpaired) electrons. The third-order valence-corrected chi connectivity index (χ3v) is 3.69. The normalized spacial score (nSPS) is 10.6. The highest BCUT2D eigenvalue weighted by molar-refractivity contribution is 6.34. The van der Waals surface area contributed by atoms with Gasteiger partial charge in [0.15, 0.2) is 5.76 Å². The van der Waals surface area contributed by atoms with Crippen molar-refractivity contribution in [3.63, 3.8) is 0 Å². The Morgan fingerprint density at radius 3 is 2.83 bits per heavy atom. The molecule has 0 atom stereocenters. The number of pyridine rings is 1. The van der Waals surface area contributed by atoms with Crippen LogP contribution in [0.25, 0.3) is 11.3 Å². The summed E-state index contributed by atoms with van der Waals surface area (Å²) in [5.41, 5.74) is 0.818. The molecule has 122 valence electrons. The standard InChI is InChI=1S/C16H10Cl2FN3O2/c17-9-5-12(15(18)20-7-9)16(23)21-8-10-6-14(22-24-10)11-3-1-2-4-13(11)19/h1-7H,8H2,(H,21,23). The van der Waals surface area contributed by atoms with E-state index in [9.17, 15) is 9.18 Å². The highest BCUT2D eigenvalue weighted by atomic mass is 35.5. The highest BCUT2D eigenvalue weighted by Crippen LogP contribution is 2.22. The Bertz CT molecular complexity index is 899. The topological polar surface area (TPSA) is 68.0 Å². The van der Waals surface area contributed by atoms with Crippen LogP contribution < -0.4 is 5.32 Å². The fourth-order valence-electron chi connectivity index (χ4n) is 2.04. The van der Waals surface area contributed by atoms with Crippen molar-refractivity contribution in [2.24, 2.45) is 0 Å². The molecule has 2 aromatic heterocycles. The van der Waals surface area contributed by atoms with Crippen molar-refractivity contribution < 1.29 is 13.7 Å². The zero-order chi connectivity index (χ0) is 17.1. The van der Waals surface area contributed by atoms with Gasteiger partial charge in [-0.25, -0.2) is 9.37 Å². The van der Waals surface area contributed by atoms with Gasteiger partial charge in [-0.1, -0.05) is 40.5 Å². The Labute approximate surface area is 146 Å². The second kappa shape index (κ2) is 6.98. The van der Waals surface area contributed by atoms with Gasteiger partial charge >= 0.3 is 0 Å². The van der Waals surface area contributed by atoms with Crippen LogP contribution in [0.4, 0.5) is 4.39 Å². The minimum absolute atomic E-state index is 0.0431. The minimum Gasteiger partial charge on any atom is -0.359 e. The molecule has 5 nitrogen and oxygen atoms in total. The van der Waals surface area contributed by atoms with E-state index in [1.165, 1.54) is 18.3 Å². The Kier molecular flexibility index (Phi) is 4.78. The van der Waals surface area contributed by atoms with Crippen LogP contribution in [0.1, 0.15) is 16.1 Å². The number of nitrogens with zero attached hydrogens (tertiary/aromatic N) is 2. The molecule has 0 fully saturated rings. The Morgan fingerprint density at radius 2 is 2.04 bits per heavy atom. The number of carbonyl (C=O) groups excluding carboxylic acids is 1. The predicted octanol–water partition coefficient (Wildman–Crippen LogP) is 4.11. The fraction of sp³-hybridized carbons (Fsp3) is 0.0625. The summed E-state index contributed by atoms with van der Waals surface area (Å²) in [6, 6.07) is 9.17. The Balaban J connectivity index is 1.71. The molecule has 8 heteroatoms. The van der Waals surface area contributed by atoms with Gasteiger partial charge in [-0.05, 0) is 18.2 Å². The Morgan fingerprint density at radius 1 is 1.25 bits per heavy atom. The molecule has 0 aliphatic carbocycles. The summed E-state index contributed by atoms with van der Waals surface area (Å²) in [5, 5.41) is 6.76. The highest BCUT2D eigenvalue weighted by Gasteiger charge is 2.14. The minimum atomic E-state index is -0.459. The molecule has 0 aliphatic heterocycles. The van der Waals surface area contributed by atoms with E-state index in [1.807, 2.05) is 0 Å². The molecule has 3 rings (SSSR count). The maximum absolute atomic E-state index is 13.7. The lowest BCUT2D eigenvalue weighted by Crippen LogP contribution is -2.23. The third kappa shape index (κ3) is 3.55. The summed E-state index contributed by atoms with van der Waals surface area (Å²) in [7, 11) is 0. The van der Waals surface area contributed by atoms with Crippen LogP contribution in [0.15, 0.2) is 47.1 Å². The molecule has 1 N–H and O–H groups in total. The SMILES string of the molecule is O=C(NCc1cc(-c2ccccc2F)no1)c1cc(Cl)cnc1Cl. The summed E-state index contributed by atoms with van der Waals surface area (Å²) in [4.78, 5) is 15.9.